The number of benzene rings is 1. The number of carbonyl (C=O) groups is 1. The van der Waals surface area contributed by atoms with E-state index in [1.165, 1.54) is 0 Å². The van der Waals surface area contributed by atoms with Crippen molar-refractivity contribution in [3.8, 4) is 0 Å². The van der Waals surface area contributed by atoms with Crippen LogP contribution in [0.5, 0.6) is 0 Å². The van der Waals surface area contributed by atoms with E-state index in [1.807, 2.05) is 30.3 Å². The predicted octanol–water partition coefficient (Wildman–Crippen LogP) is 1.83. The smallest absolute Gasteiger partial charge is 0.224 e. The van der Waals surface area contributed by atoms with E-state index >= 15 is 0 Å². The minimum Gasteiger partial charge on any atom is -0.352 e. The van der Waals surface area contributed by atoms with Gasteiger partial charge in [-0.15, -0.1) is 0 Å². The molecule has 0 spiro atoms. The zero-order valence-electron chi connectivity index (χ0n) is 9.97. The maximum atomic E-state index is 11.9. The number of rotatable bonds is 4. The monoisotopic (exact) mass is 241 g/mol. The summed E-state index contributed by atoms with van der Waals surface area (Å²) in [5.41, 5.74) is 2.19. The second-order valence-electron chi connectivity index (χ2n) is 4.66. The lowest BCUT2D eigenvalue weighted by molar-refractivity contribution is -0.122. The molecule has 1 unspecified atom stereocenters. The molecule has 2 aromatic rings. The molecule has 1 amide bonds. The Morgan fingerprint density at radius 1 is 1.39 bits per heavy atom. The Morgan fingerprint density at radius 3 is 2.94 bits per heavy atom. The van der Waals surface area contributed by atoms with E-state index < -0.39 is 0 Å². The zero-order valence-corrected chi connectivity index (χ0v) is 9.97. The van der Waals surface area contributed by atoms with Crippen molar-refractivity contribution in [1.29, 1.82) is 0 Å². The van der Waals surface area contributed by atoms with E-state index in [4.69, 9.17) is 0 Å². The van der Waals surface area contributed by atoms with Gasteiger partial charge < -0.3 is 10.3 Å². The van der Waals surface area contributed by atoms with Crippen LogP contribution in [0.4, 0.5) is 0 Å². The minimum absolute atomic E-state index is 0.106. The van der Waals surface area contributed by atoms with Crippen LogP contribution in [-0.2, 0) is 11.3 Å². The number of nitrogens with one attached hydrogen (secondary N) is 2. The number of aromatic amines is 1. The molecule has 0 saturated heterocycles. The number of H-pyrrole nitrogens is 1. The third-order valence-electron chi connectivity index (χ3n) is 3.36. The Balaban J connectivity index is 1.52. The highest BCUT2D eigenvalue weighted by atomic mass is 16.2. The summed E-state index contributed by atoms with van der Waals surface area (Å²) >= 11 is 0. The molecule has 1 heterocycles. The molecule has 4 heteroatoms. The third-order valence-corrected chi connectivity index (χ3v) is 3.36. The average Bonchev–Trinajstić information content (AvgIpc) is 3.03. The lowest BCUT2D eigenvalue weighted by Crippen LogP contribution is -2.24. The molecule has 1 aromatic heterocycles. The number of nitrogens with zero attached hydrogens (tertiary/aromatic N) is 1. The summed E-state index contributed by atoms with van der Waals surface area (Å²) in [6.07, 6.45) is 4.38. The van der Waals surface area contributed by atoms with Crippen LogP contribution in [0.3, 0.4) is 0 Å². The highest BCUT2D eigenvalue weighted by Crippen LogP contribution is 2.46. The van der Waals surface area contributed by atoms with Crippen molar-refractivity contribution >= 4 is 5.91 Å². The summed E-state index contributed by atoms with van der Waals surface area (Å²) in [6, 6.07) is 9.96. The summed E-state index contributed by atoms with van der Waals surface area (Å²) < 4.78 is 0. The van der Waals surface area contributed by atoms with Gasteiger partial charge in [-0.25, -0.2) is 4.98 Å². The number of hydrogen-bond acceptors (Lipinski definition) is 2. The molecular weight excluding hydrogens is 226 g/mol. The molecule has 92 valence electrons. The predicted molar refractivity (Wildman–Crippen MR) is 67.7 cm³/mol. The molecule has 1 aliphatic carbocycles. The van der Waals surface area contributed by atoms with Gasteiger partial charge in [-0.2, -0.15) is 0 Å². The van der Waals surface area contributed by atoms with Crippen LogP contribution in [0.2, 0.25) is 0 Å². The first-order valence-electron chi connectivity index (χ1n) is 6.14. The average molecular weight is 241 g/mol. The molecule has 2 atom stereocenters. The molecule has 1 fully saturated rings. The fraction of sp³-hybridized carbons (Fsp3) is 0.286. The lowest BCUT2D eigenvalue weighted by atomic mass is 10.2. The summed E-state index contributed by atoms with van der Waals surface area (Å²) in [5.74, 6) is 0.566. The molecule has 1 aliphatic rings. The summed E-state index contributed by atoms with van der Waals surface area (Å²) in [6.45, 7) is 0.603. The largest absolute Gasteiger partial charge is 0.352 e. The number of aromatic nitrogens is 2. The Bertz CT molecular complexity index is 521. The molecule has 2 N–H and O–H groups in total. The molecule has 0 aliphatic heterocycles. The van der Waals surface area contributed by atoms with Crippen LogP contribution < -0.4 is 5.32 Å². The van der Waals surface area contributed by atoms with Crippen molar-refractivity contribution in [2.24, 2.45) is 5.92 Å². The van der Waals surface area contributed by atoms with Crippen molar-refractivity contribution < 1.29 is 4.79 Å². The van der Waals surface area contributed by atoms with E-state index in [0.717, 1.165) is 17.7 Å². The quantitative estimate of drug-likeness (QED) is 0.858. The number of carbonyl (C=O) groups excluding carboxylic acids is 1. The first-order valence-corrected chi connectivity index (χ1v) is 6.14. The number of imidazole rings is 1. The Labute approximate surface area is 105 Å². The standard InChI is InChI=1S/C14H15N3O/c18-14(16-7-10-4-2-1-3-5-10)12-6-11(12)13-8-15-9-17-13/h1-5,8-9,11-12H,6-7H2,(H,15,17)(H,16,18)/t11-,12?/m1/s1. The zero-order chi connectivity index (χ0) is 12.4. The molecular formula is C14H15N3O. The minimum atomic E-state index is 0.106. The second kappa shape index (κ2) is 4.64. The summed E-state index contributed by atoms with van der Waals surface area (Å²) in [7, 11) is 0. The molecule has 4 nitrogen and oxygen atoms in total. The Hall–Kier alpha value is -2.10. The normalized spacial score (nSPS) is 21.6. The molecule has 1 saturated carbocycles. The number of amides is 1. The van der Waals surface area contributed by atoms with Gasteiger partial charge >= 0.3 is 0 Å². The van der Waals surface area contributed by atoms with E-state index in [9.17, 15) is 4.79 Å². The fourth-order valence-corrected chi connectivity index (χ4v) is 2.21. The van der Waals surface area contributed by atoms with Gasteiger partial charge in [0.05, 0.1) is 6.33 Å². The van der Waals surface area contributed by atoms with Crippen LogP contribution in [0.25, 0.3) is 0 Å². The van der Waals surface area contributed by atoms with E-state index in [0.29, 0.717) is 12.5 Å². The van der Waals surface area contributed by atoms with Gasteiger partial charge in [-0.05, 0) is 12.0 Å². The fourth-order valence-electron chi connectivity index (χ4n) is 2.21. The van der Waals surface area contributed by atoms with Crippen LogP contribution in [0.1, 0.15) is 23.6 Å². The second-order valence-corrected chi connectivity index (χ2v) is 4.66. The van der Waals surface area contributed by atoms with Gasteiger partial charge in [0.2, 0.25) is 5.91 Å². The maximum absolute atomic E-state index is 11.9. The van der Waals surface area contributed by atoms with E-state index in [-0.39, 0.29) is 11.8 Å². The van der Waals surface area contributed by atoms with Crippen LogP contribution in [0, 0.1) is 5.92 Å². The van der Waals surface area contributed by atoms with Crippen LogP contribution >= 0.6 is 0 Å². The molecule has 18 heavy (non-hydrogen) atoms. The first-order chi connectivity index (χ1) is 8.84. The molecule has 3 rings (SSSR count). The van der Waals surface area contributed by atoms with Crippen molar-refractivity contribution in [2.45, 2.75) is 18.9 Å². The van der Waals surface area contributed by atoms with Gasteiger partial charge in [-0.1, -0.05) is 30.3 Å². The maximum Gasteiger partial charge on any atom is 0.224 e. The van der Waals surface area contributed by atoms with Gasteiger partial charge in [0.15, 0.2) is 0 Å². The van der Waals surface area contributed by atoms with Crippen LogP contribution in [-0.4, -0.2) is 15.9 Å². The van der Waals surface area contributed by atoms with Crippen molar-refractivity contribution in [1.82, 2.24) is 15.3 Å². The van der Waals surface area contributed by atoms with Gasteiger partial charge in [0.25, 0.3) is 0 Å². The van der Waals surface area contributed by atoms with E-state index in [2.05, 4.69) is 15.3 Å². The van der Waals surface area contributed by atoms with Crippen LogP contribution in [0.15, 0.2) is 42.9 Å². The van der Waals surface area contributed by atoms with Crippen molar-refractivity contribution in [3.63, 3.8) is 0 Å². The third kappa shape index (κ3) is 2.27. The lowest BCUT2D eigenvalue weighted by Gasteiger charge is -2.04. The topological polar surface area (TPSA) is 57.8 Å². The highest BCUT2D eigenvalue weighted by molar-refractivity contribution is 5.82. The Morgan fingerprint density at radius 2 is 2.22 bits per heavy atom. The van der Waals surface area contributed by atoms with Gasteiger partial charge in [-0.3, -0.25) is 4.79 Å². The van der Waals surface area contributed by atoms with E-state index in [1.54, 1.807) is 12.5 Å². The SMILES string of the molecule is O=C(NCc1ccccc1)C1C[C@H]1c1cnc[nH]1. The Kier molecular flexibility index (Phi) is 2.84. The number of hydrogen-bond donors (Lipinski definition) is 2. The summed E-state index contributed by atoms with van der Waals surface area (Å²) in [4.78, 5) is 19.0. The highest BCUT2D eigenvalue weighted by Gasteiger charge is 2.44. The molecule has 0 bridgehead atoms. The van der Waals surface area contributed by atoms with Crippen molar-refractivity contribution in [3.05, 3.63) is 54.1 Å². The van der Waals surface area contributed by atoms with Gasteiger partial charge in [0, 0.05) is 30.3 Å². The van der Waals surface area contributed by atoms with Gasteiger partial charge in [0.1, 0.15) is 0 Å². The first kappa shape index (κ1) is 11.0. The summed E-state index contributed by atoms with van der Waals surface area (Å²) in [5, 5.41) is 2.98. The molecule has 1 aromatic carbocycles. The van der Waals surface area contributed by atoms with Crippen molar-refractivity contribution in [2.75, 3.05) is 0 Å². The molecule has 0 radical (unpaired) electrons.